The van der Waals surface area contributed by atoms with Crippen molar-refractivity contribution in [2.24, 2.45) is 0 Å². The number of para-hydroxylation sites is 1. The summed E-state index contributed by atoms with van der Waals surface area (Å²) in [5.41, 5.74) is 1.12. The lowest BCUT2D eigenvalue weighted by molar-refractivity contribution is 0.0594. The van der Waals surface area contributed by atoms with Gasteiger partial charge in [-0.2, -0.15) is 0 Å². The number of hydrogen-bond donors (Lipinski definition) is 0. The molecule has 1 aromatic carbocycles. The SMILES string of the molecule is COC(=O)c1nc(-c2cccc(OC)c2OC)sc1C. The van der Waals surface area contributed by atoms with Crippen LogP contribution in [0.2, 0.25) is 0 Å². The fraction of sp³-hybridized carbons (Fsp3) is 0.286. The molecule has 20 heavy (non-hydrogen) atoms. The number of methoxy groups -OCH3 is 3. The van der Waals surface area contributed by atoms with Gasteiger partial charge in [-0.25, -0.2) is 9.78 Å². The lowest BCUT2D eigenvalue weighted by Gasteiger charge is -2.10. The number of nitrogens with zero attached hydrogens (tertiary/aromatic N) is 1. The van der Waals surface area contributed by atoms with Crippen LogP contribution >= 0.6 is 11.3 Å². The molecule has 0 bridgehead atoms. The van der Waals surface area contributed by atoms with E-state index in [9.17, 15) is 4.79 Å². The Kier molecular flexibility index (Phi) is 4.24. The first-order chi connectivity index (χ1) is 9.62. The Labute approximate surface area is 121 Å². The van der Waals surface area contributed by atoms with Crippen LogP contribution in [0.4, 0.5) is 0 Å². The number of thiazole rings is 1. The van der Waals surface area contributed by atoms with Crippen LogP contribution in [0.25, 0.3) is 10.6 Å². The van der Waals surface area contributed by atoms with Crippen molar-refractivity contribution in [1.82, 2.24) is 4.98 Å². The molecule has 5 nitrogen and oxygen atoms in total. The van der Waals surface area contributed by atoms with Crippen LogP contribution in [-0.2, 0) is 4.74 Å². The number of ether oxygens (including phenoxy) is 3. The highest BCUT2D eigenvalue weighted by Gasteiger charge is 2.20. The second-order valence-corrected chi connectivity index (χ2v) is 5.16. The van der Waals surface area contributed by atoms with Crippen LogP contribution in [0, 0.1) is 6.92 Å². The number of carbonyl (C=O) groups excluding carboxylic acids is 1. The number of carbonyl (C=O) groups is 1. The van der Waals surface area contributed by atoms with E-state index in [1.54, 1.807) is 14.2 Å². The minimum absolute atomic E-state index is 0.331. The fourth-order valence-corrected chi connectivity index (χ4v) is 2.78. The van der Waals surface area contributed by atoms with E-state index in [0.717, 1.165) is 10.4 Å². The van der Waals surface area contributed by atoms with Gasteiger partial charge in [-0.15, -0.1) is 11.3 Å². The molecule has 0 saturated carbocycles. The summed E-state index contributed by atoms with van der Waals surface area (Å²) in [6.45, 7) is 1.83. The van der Waals surface area contributed by atoms with Gasteiger partial charge >= 0.3 is 5.97 Å². The maximum absolute atomic E-state index is 11.6. The predicted octanol–water partition coefficient (Wildman–Crippen LogP) is 2.92. The van der Waals surface area contributed by atoms with Crippen molar-refractivity contribution >= 4 is 17.3 Å². The number of hydrogen-bond acceptors (Lipinski definition) is 6. The predicted molar refractivity (Wildman–Crippen MR) is 76.7 cm³/mol. The van der Waals surface area contributed by atoms with Gasteiger partial charge in [0.15, 0.2) is 17.2 Å². The third-order valence-electron chi connectivity index (χ3n) is 2.81. The maximum Gasteiger partial charge on any atom is 0.357 e. The molecule has 0 amide bonds. The molecular weight excluding hydrogens is 278 g/mol. The van der Waals surface area contributed by atoms with Gasteiger partial charge in [-0.3, -0.25) is 0 Å². The van der Waals surface area contributed by atoms with E-state index in [2.05, 4.69) is 4.98 Å². The maximum atomic E-state index is 11.6. The zero-order valence-electron chi connectivity index (χ0n) is 11.7. The number of aromatic nitrogens is 1. The van der Waals surface area contributed by atoms with Crippen LogP contribution in [-0.4, -0.2) is 32.3 Å². The van der Waals surface area contributed by atoms with Gasteiger partial charge in [0.25, 0.3) is 0 Å². The second kappa shape index (κ2) is 5.92. The van der Waals surface area contributed by atoms with E-state index in [4.69, 9.17) is 14.2 Å². The monoisotopic (exact) mass is 293 g/mol. The molecule has 0 aliphatic rings. The van der Waals surface area contributed by atoms with E-state index in [-0.39, 0.29) is 0 Å². The zero-order chi connectivity index (χ0) is 14.7. The molecule has 106 valence electrons. The number of benzene rings is 1. The highest BCUT2D eigenvalue weighted by molar-refractivity contribution is 7.15. The third-order valence-corrected chi connectivity index (χ3v) is 3.81. The summed E-state index contributed by atoms with van der Waals surface area (Å²) in [6, 6.07) is 5.54. The Morgan fingerprint density at radius 3 is 2.55 bits per heavy atom. The van der Waals surface area contributed by atoms with Crippen LogP contribution in [0.3, 0.4) is 0 Å². The summed E-state index contributed by atoms with van der Waals surface area (Å²) >= 11 is 1.41. The van der Waals surface area contributed by atoms with Crippen molar-refractivity contribution in [1.29, 1.82) is 0 Å². The van der Waals surface area contributed by atoms with Crippen molar-refractivity contribution in [2.45, 2.75) is 6.92 Å². The van der Waals surface area contributed by atoms with E-state index >= 15 is 0 Å². The van der Waals surface area contributed by atoms with Gasteiger partial charge in [-0.1, -0.05) is 6.07 Å². The molecule has 1 heterocycles. The summed E-state index contributed by atoms with van der Waals surface area (Å²) < 4.78 is 15.4. The summed E-state index contributed by atoms with van der Waals surface area (Å²) in [6.07, 6.45) is 0. The first-order valence-electron chi connectivity index (χ1n) is 5.89. The van der Waals surface area contributed by atoms with Gasteiger partial charge < -0.3 is 14.2 Å². The standard InChI is InChI=1S/C14H15NO4S/c1-8-11(14(16)19-4)15-13(20-8)9-6-5-7-10(17-2)12(9)18-3/h5-7H,1-4H3. The number of esters is 1. The zero-order valence-corrected chi connectivity index (χ0v) is 12.5. The molecule has 0 unspecified atom stereocenters. The quantitative estimate of drug-likeness (QED) is 0.811. The normalized spacial score (nSPS) is 10.2. The minimum atomic E-state index is -0.438. The molecular formula is C14H15NO4S. The van der Waals surface area contributed by atoms with Crippen LogP contribution in [0.5, 0.6) is 11.5 Å². The average molecular weight is 293 g/mol. The lowest BCUT2D eigenvalue weighted by atomic mass is 10.2. The molecule has 2 aromatic rings. The van der Waals surface area contributed by atoms with E-state index in [1.807, 2.05) is 25.1 Å². The Bertz CT molecular complexity index is 636. The van der Waals surface area contributed by atoms with Gasteiger partial charge in [0.1, 0.15) is 5.01 Å². The summed E-state index contributed by atoms with van der Waals surface area (Å²) in [5, 5.41) is 0.693. The Morgan fingerprint density at radius 2 is 1.95 bits per heavy atom. The highest BCUT2D eigenvalue weighted by atomic mass is 32.1. The Morgan fingerprint density at radius 1 is 1.20 bits per heavy atom. The molecule has 0 fully saturated rings. The Hall–Kier alpha value is -2.08. The summed E-state index contributed by atoms with van der Waals surface area (Å²) in [5.74, 6) is 0.782. The molecule has 1 aromatic heterocycles. The average Bonchev–Trinajstić information content (AvgIpc) is 2.87. The summed E-state index contributed by atoms with van der Waals surface area (Å²) in [4.78, 5) is 16.8. The molecule has 6 heteroatoms. The molecule has 0 N–H and O–H groups in total. The molecule has 0 atom stereocenters. The van der Waals surface area contributed by atoms with Crippen LogP contribution < -0.4 is 9.47 Å². The Balaban J connectivity index is 2.55. The molecule has 0 spiro atoms. The third kappa shape index (κ3) is 2.46. The van der Waals surface area contributed by atoms with Gasteiger partial charge in [-0.05, 0) is 19.1 Å². The molecule has 0 aliphatic carbocycles. The second-order valence-electron chi connectivity index (χ2n) is 3.96. The largest absolute Gasteiger partial charge is 0.493 e. The molecule has 0 radical (unpaired) electrons. The topological polar surface area (TPSA) is 57.7 Å². The van der Waals surface area contributed by atoms with Gasteiger partial charge in [0, 0.05) is 4.88 Å². The van der Waals surface area contributed by atoms with Crippen molar-refractivity contribution in [3.8, 4) is 22.1 Å². The van der Waals surface area contributed by atoms with Crippen molar-refractivity contribution < 1.29 is 19.0 Å². The number of aryl methyl sites for hydroxylation is 1. The molecule has 2 rings (SSSR count). The minimum Gasteiger partial charge on any atom is -0.493 e. The van der Waals surface area contributed by atoms with Gasteiger partial charge in [0.2, 0.25) is 0 Å². The summed E-state index contributed by atoms with van der Waals surface area (Å²) in [7, 11) is 4.49. The first-order valence-corrected chi connectivity index (χ1v) is 6.71. The first kappa shape index (κ1) is 14.3. The number of rotatable bonds is 4. The van der Waals surface area contributed by atoms with Crippen LogP contribution in [0.15, 0.2) is 18.2 Å². The van der Waals surface area contributed by atoms with E-state index in [1.165, 1.54) is 18.4 Å². The van der Waals surface area contributed by atoms with Crippen molar-refractivity contribution in [2.75, 3.05) is 21.3 Å². The lowest BCUT2D eigenvalue weighted by Crippen LogP contribution is -2.03. The van der Waals surface area contributed by atoms with Gasteiger partial charge in [0.05, 0.1) is 26.9 Å². The fourth-order valence-electron chi connectivity index (χ4n) is 1.85. The van der Waals surface area contributed by atoms with E-state index in [0.29, 0.717) is 22.2 Å². The smallest absolute Gasteiger partial charge is 0.357 e. The molecule has 0 aliphatic heterocycles. The van der Waals surface area contributed by atoms with Crippen molar-refractivity contribution in [3.05, 3.63) is 28.8 Å². The highest BCUT2D eigenvalue weighted by Crippen LogP contribution is 2.40. The van der Waals surface area contributed by atoms with Crippen molar-refractivity contribution in [3.63, 3.8) is 0 Å². The molecule has 0 saturated heterocycles. The van der Waals surface area contributed by atoms with E-state index < -0.39 is 5.97 Å². The van der Waals surface area contributed by atoms with Crippen LogP contribution in [0.1, 0.15) is 15.4 Å².